The summed E-state index contributed by atoms with van der Waals surface area (Å²) in [6.45, 7) is 4.14. The van der Waals surface area contributed by atoms with E-state index in [-0.39, 0.29) is 98.4 Å². The summed E-state index contributed by atoms with van der Waals surface area (Å²) >= 11 is 0. The van der Waals surface area contributed by atoms with Crippen LogP contribution in [0.2, 0.25) is 0 Å². The number of nitrogens with zero attached hydrogens (tertiary/aromatic N) is 2. The Bertz CT molecular complexity index is 1430. The zero-order chi connectivity index (χ0) is 45.6. The highest BCUT2D eigenvalue weighted by atomic mass is 16.4. The van der Waals surface area contributed by atoms with Crippen LogP contribution in [0.15, 0.2) is 0 Å². The molecule has 19 nitrogen and oxygen atoms in total. The minimum Gasteiger partial charge on any atom is -0.394 e. The van der Waals surface area contributed by atoms with Crippen LogP contribution in [0.25, 0.3) is 0 Å². The first-order chi connectivity index (χ1) is 28.6. The molecule has 4 saturated carbocycles. The van der Waals surface area contributed by atoms with E-state index in [1.807, 2.05) is 0 Å². The number of aliphatic hydroxyl groups is 13. The summed E-state index contributed by atoms with van der Waals surface area (Å²) in [6.07, 6.45) is -11.8. The topological polar surface area (TPSA) is 344 Å². The standard InChI is InChI=1S/C42H74N3O16/c1-21(24-7-8-25-32-26(18-30(52)42(24,25)3)41(2)11-10-23(48)16-22(41)17-27(32)49)6-9-31(53)43-12-4-14-45(40(61)38(59)36(57)34(55)29(51)20-47)15-5-13-44-39(60)37(58)35(56)33(54)28(50)19-46/h21-30,32-38,46-52,54-59H,4-20H2,1-3H3,(H,44,60)/t21-,22+,23-,24-,25+,26+,27-,28-,29-,30+,32+,33-,34-,35+,36+,37-,38-,41+,42-/m1/s1. The largest absolute Gasteiger partial charge is 0.394 e. The van der Waals surface area contributed by atoms with Crippen molar-refractivity contribution in [1.82, 2.24) is 15.5 Å². The van der Waals surface area contributed by atoms with Gasteiger partial charge in [0.15, 0.2) is 12.2 Å². The Labute approximate surface area is 357 Å². The van der Waals surface area contributed by atoms with Crippen LogP contribution in [0.4, 0.5) is 0 Å². The van der Waals surface area contributed by atoms with Gasteiger partial charge in [-0.15, -0.1) is 0 Å². The smallest absolute Gasteiger partial charge is 0.254 e. The Morgan fingerprint density at radius 1 is 0.770 bits per heavy atom. The highest BCUT2D eigenvalue weighted by Gasteiger charge is 2.65. The fourth-order valence-electron chi connectivity index (χ4n) is 11.7. The van der Waals surface area contributed by atoms with E-state index in [2.05, 4.69) is 31.4 Å². The van der Waals surface area contributed by atoms with Crippen LogP contribution in [0.1, 0.15) is 91.4 Å². The zero-order valence-corrected chi connectivity index (χ0v) is 35.8. The molecule has 0 heterocycles. The third-order valence-corrected chi connectivity index (χ3v) is 15.5. The van der Waals surface area contributed by atoms with Crippen molar-refractivity contribution in [1.29, 1.82) is 0 Å². The summed E-state index contributed by atoms with van der Waals surface area (Å²) in [4.78, 5) is 39.7. The van der Waals surface area contributed by atoms with Crippen LogP contribution in [0.5, 0.6) is 0 Å². The van der Waals surface area contributed by atoms with Crippen molar-refractivity contribution >= 4 is 17.7 Å². The number of hydrogen-bond donors (Lipinski definition) is 14. The molecule has 4 aliphatic rings. The molecule has 61 heavy (non-hydrogen) atoms. The lowest BCUT2D eigenvalue weighted by Crippen LogP contribution is -2.62. The van der Waals surface area contributed by atoms with Gasteiger partial charge in [0.2, 0.25) is 5.91 Å². The molecule has 0 saturated heterocycles. The molecule has 4 rings (SSSR count). The number of aliphatic hydroxyl groups excluding tert-OH is 13. The summed E-state index contributed by atoms with van der Waals surface area (Å²) < 4.78 is 0. The summed E-state index contributed by atoms with van der Waals surface area (Å²) in [6, 6.07) is 0. The SMILES string of the molecule is C[C@H](CCC(=O)[N]CCCN(CCCNC(=O)[C@H](O)[C@@H](O)[C@H](O)[C@H](O)CO)C(=O)[C@H](O)[C@@H](O)[C@H](O)[C@H](O)CO)[C@H]1CC[C@H]2[C@@H]3[C@H](O)C[C@@H]4C[C@H](O)CC[C@]4(C)[C@H]3C[C@H](O)[C@]12C. The zero-order valence-electron chi connectivity index (χ0n) is 35.8. The first-order valence-electron chi connectivity index (χ1n) is 22.1. The molecule has 3 amide bonds. The summed E-state index contributed by atoms with van der Waals surface area (Å²) in [5.74, 6) is -1.73. The lowest BCUT2D eigenvalue weighted by atomic mass is 9.43. The average molecular weight is 877 g/mol. The first-order valence-corrected chi connectivity index (χ1v) is 22.1. The van der Waals surface area contributed by atoms with E-state index in [0.29, 0.717) is 25.7 Å². The third kappa shape index (κ3) is 11.4. The fourth-order valence-corrected chi connectivity index (χ4v) is 11.7. The van der Waals surface area contributed by atoms with Crippen molar-refractivity contribution in [2.24, 2.45) is 46.3 Å². The molecule has 1 radical (unpaired) electrons. The Morgan fingerprint density at radius 2 is 1.38 bits per heavy atom. The molecule has 4 fully saturated rings. The van der Waals surface area contributed by atoms with E-state index in [0.717, 1.165) is 30.6 Å². The van der Waals surface area contributed by atoms with Gasteiger partial charge in [0.05, 0.1) is 31.5 Å². The lowest BCUT2D eigenvalue weighted by Gasteiger charge is -2.63. The van der Waals surface area contributed by atoms with Crippen molar-refractivity contribution < 1.29 is 80.8 Å². The van der Waals surface area contributed by atoms with E-state index in [1.165, 1.54) is 0 Å². The second-order valence-corrected chi connectivity index (χ2v) is 19.0. The van der Waals surface area contributed by atoms with Gasteiger partial charge >= 0.3 is 0 Å². The van der Waals surface area contributed by atoms with E-state index in [4.69, 9.17) is 10.2 Å². The van der Waals surface area contributed by atoms with Gasteiger partial charge in [-0.2, -0.15) is 0 Å². The third-order valence-electron chi connectivity index (χ3n) is 15.5. The van der Waals surface area contributed by atoms with Gasteiger partial charge in [-0.25, -0.2) is 0 Å². The van der Waals surface area contributed by atoms with Crippen LogP contribution >= 0.6 is 0 Å². The maximum atomic E-state index is 13.2. The van der Waals surface area contributed by atoms with E-state index >= 15 is 0 Å². The van der Waals surface area contributed by atoms with Crippen molar-refractivity contribution in [2.75, 3.05) is 39.4 Å². The Kier molecular flexibility index (Phi) is 18.7. The number of carbonyl (C=O) groups is 3. The predicted molar refractivity (Wildman–Crippen MR) is 215 cm³/mol. The summed E-state index contributed by atoms with van der Waals surface area (Å²) in [5, 5.41) is 138. The molecule has 4 aliphatic carbocycles. The average Bonchev–Trinajstić information content (AvgIpc) is 3.61. The molecule has 0 aromatic carbocycles. The number of nitrogens with one attached hydrogen (secondary N) is 1. The van der Waals surface area contributed by atoms with E-state index in [1.54, 1.807) is 0 Å². The normalized spacial score (nSPS) is 35.5. The Hall–Kier alpha value is -2.11. The maximum absolute atomic E-state index is 13.2. The molecule has 0 aliphatic heterocycles. The fraction of sp³-hybridized carbons (Fsp3) is 0.929. The Balaban J connectivity index is 1.29. The van der Waals surface area contributed by atoms with Crippen LogP contribution in [0.3, 0.4) is 0 Å². The quantitative estimate of drug-likeness (QED) is 0.0462. The number of carbonyl (C=O) groups excluding carboxylic acids is 3. The van der Waals surface area contributed by atoms with Crippen molar-refractivity contribution in [2.45, 2.75) is 159 Å². The van der Waals surface area contributed by atoms with Gasteiger partial charge in [-0.3, -0.25) is 19.7 Å². The van der Waals surface area contributed by atoms with Crippen LogP contribution in [0, 0.1) is 46.3 Å². The molecule has 0 bridgehead atoms. The summed E-state index contributed by atoms with van der Waals surface area (Å²) in [5.41, 5.74) is -0.454. The lowest BCUT2D eigenvalue weighted by molar-refractivity contribution is -0.207. The molecule has 14 N–H and O–H groups in total. The monoisotopic (exact) mass is 877 g/mol. The van der Waals surface area contributed by atoms with Crippen LogP contribution in [-0.4, -0.2) is 196 Å². The van der Waals surface area contributed by atoms with Gasteiger partial charge in [0, 0.05) is 32.6 Å². The highest BCUT2D eigenvalue weighted by molar-refractivity contribution is 5.82. The molecular formula is C42H74N3O16. The molecule has 353 valence electrons. The second kappa shape index (κ2) is 22.2. The van der Waals surface area contributed by atoms with Crippen molar-refractivity contribution in [3.8, 4) is 0 Å². The predicted octanol–water partition coefficient (Wildman–Crippen LogP) is -3.91. The van der Waals surface area contributed by atoms with Crippen LogP contribution in [-0.2, 0) is 14.4 Å². The molecule has 19 atom stereocenters. The number of amides is 3. The van der Waals surface area contributed by atoms with Crippen LogP contribution < -0.4 is 10.6 Å². The molecular weight excluding hydrogens is 802 g/mol. The van der Waals surface area contributed by atoms with Gasteiger partial charge in [0.1, 0.15) is 36.6 Å². The van der Waals surface area contributed by atoms with Crippen molar-refractivity contribution in [3.63, 3.8) is 0 Å². The number of hydrogen-bond acceptors (Lipinski definition) is 16. The van der Waals surface area contributed by atoms with Gasteiger partial charge < -0.3 is 76.6 Å². The second-order valence-electron chi connectivity index (χ2n) is 19.0. The molecule has 0 aromatic heterocycles. The highest BCUT2D eigenvalue weighted by Crippen LogP contribution is 2.68. The minimum absolute atomic E-state index is 0.00991. The van der Waals surface area contributed by atoms with E-state index in [9.17, 15) is 70.6 Å². The first kappa shape index (κ1) is 51.5. The Morgan fingerprint density at radius 3 is 2.00 bits per heavy atom. The molecule has 0 aromatic rings. The van der Waals surface area contributed by atoms with Crippen molar-refractivity contribution in [3.05, 3.63) is 0 Å². The number of fused-ring (bicyclic) bond motifs is 5. The molecule has 0 spiro atoms. The summed E-state index contributed by atoms with van der Waals surface area (Å²) in [7, 11) is 0. The molecule has 19 heteroatoms. The van der Waals surface area contributed by atoms with Gasteiger partial charge in [0.25, 0.3) is 11.8 Å². The van der Waals surface area contributed by atoms with E-state index < -0.39 is 91.5 Å². The minimum atomic E-state index is -2.24. The maximum Gasteiger partial charge on any atom is 0.254 e. The van der Waals surface area contributed by atoms with Gasteiger partial charge in [-0.1, -0.05) is 20.8 Å². The molecule has 0 unspecified atom stereocenters. The number of rotatable bonds is 22. The van der Waals surface area contributed by atoms with Gasteiger partial charge in [-0.05, 0) is 111 Å².